The predicted octanol–water partition coefficient (Wildman–Crippen LogP) is 0.976. The first kappa shape index (κ1) is 14.1. The number of pyridine rings is 1. The lowest BCUT2D eigenvalue weighted by Gasteiger charge is -2.13. The van der Waals surface area contributed by atoms with E-state index >= 15 is 0 Å². The van der Waals surface area contributed by atoms with Gasteiger partial charge in [-0.15, -0.1) is 0 Å². The van der Waals surface area contributed by atoms with Crippen molar-refractivity contribution in [1.82, 2.24) is 19.7 Å². The Balaban J connectivity index is 2.12. The molecule has 1 unspecified atom stereocenters. The van der Waals surface area contributed by atoms with E-state index in [-0.39, 0.29) is 11.8 Å². The lowest BCUT2D eigenvalue weighted by Crippen LogP contribution is -2.22. The van der Waals surface area contributed by atoms with E-state index in [1.54, 1.807) is 18.3 Å². The molecule has 0 radical (unpaired) electrons. The second kappa shape index (κ2) is 6.76. The SMILES string of the molecule is CC(CCCN)C(=O)Nc1cccnc1-n1cncn1. The van der Waals surface area contributed by atoms with Crippen LogP contribution in [0.4, 0.5) is 5.69 Å². The van der Waals surface area contributed by atoms with Crippen LogP contribution >= 0.6 is 0 Å². The summed E-state index contributed by atoms with van der Waals surface area (Å²) in [5.74, 6) is 0.402. The summed E-state index contributed by atoms with van der Waals surface area (Å²) in [4.78, 5) is 20.2. The van der Waals surface area contributed by atoms with Crippen LogP contribution in [-0.4, -0.2) is 32.2 Å². The molecule has 0 aliphatic carbocycles. The summed E-state index contributed by atoms with van der Waals surface area (Å²) in [7, 11) is 0. The summed E-state index contributed by atoms with van der Waals surface area (Å²) in [6.45, 7) is 2.48. The van der Waals surface area contributed by atoms with Gasteiger partial charge in [0.05, 0.1) is 5.69 Å². The maximum Gasteiger partial charge on any atom is 0.227 e. The Labute approximate surface area is 117 Å². The number of nitrogens with two attached hydrogens (primary N) is 1. The van der Waals surface area contributed by atoms with Gasteiger partial charge in [0.25, 0.3) is 0 Å². The fourth-order valence-corrected chi connectivity index (χ4v) is 1.81. The third kappa shape index (κ3) is 3.39. The molecule has 3 N–H and O–H groups in total. The van der Waals surface area contributed by atoms with Gasteiger partial charge in [-0.2, -0.15) is 5.10 Å². The predicted molar refractivity (Wildman–Crippen MR) is 75.2 cm³/mol. The number of hydrogen-bond donors (Lipinski definition) is 2. The van der Waals surface area contributed by atoms with Crippen molar-refractivity contribution in [3.8, 4) is 5.82 Å². The number of nitrogens with one attached hydrogen (secondary N) is 1. The fourth-order valence-electron chi connectivity index (χ4n) is 1.81. The molecule has 0 bridgehead atoms. The molecule has 0 aliphatic rings. The van der Waals surface area contributed by atoms with E-state index in [4.69, 9.17) is 5.73 Å². The molecule has 0 fully saturated rings. The first-order valence-electron chi connectivity index (χ1n) is 6.53. The van der Waals surface area contributed by atoms with Gasteiger partial charge < -0.3 is 11.1 Å². The molecule has 20 heavy (non-hydrogen) atoms. The zero-order chi connectivity index (χ0) is 14.4. The van der Waals surface area contributed by atoms with Gasteiger partial charge in [0.2, 0.25) is 5.91 Å². The lowest BCUT2D eigenvalue weighted by atomic mass is 10.0. The molecule has 2 rings (SSSR count). The van der Waals surface area contributed by atoms with Gasteiger partial charge in [0.15, 0.2) is 5.82 Å². The maximum atomic E-state index is 12.1. The standard InChI is InChI=1S/C13H18N6O/c1-10(4-2-6-14)13(20)18-11-5-3-7-16-12(11)19-9-15-8-17-19/h3,5,7-10H,2,4,6,14H2,1H3,(H,18,20). The molecule has 7 heteroatoms. The van der Waals surface area contributed by atoms with E-state index in [0.29, 0.717) is 18.1 Å². The molecule has 0 aliphatic heterocycles. The van der Waals surface area contributed by atoms with Crippen LogP contribution in [0.1, 0.15) is 19.8 Å². The molecule has 7 nitrogen and oxygen atoms in total. The number of aromatic nitrogens is 4. The van der Waals surface area contributed by atoms with E-state index in [9.17, 15) is 4.79 Å². The number of amides is 1. The van der Waals surface area contributed by atoms with Gasteiger partial charge in [-0.3, -0.25) is 4.79 Å². The van der Waals surface area contributed by atoms with Gasteiger partial charge >= 0.3 is 0 Å². The van der Waals surface area contributed by atoms with Crippen molar-refractivity contribution < 1.29 is 4.79 Å². The van der Waals surface area contributed by atoms with Crippen LogP contribution < -0.4 is 11.1 Å². The first-order valence-corrected chi connectivity index (χ1v) is 6.53. The average Bonchev–Trinajstić information content (AvgIpc) is 2.99. The van der Waals surface area contributed by atoms with Crippen molar-refractivity contribution in [2.24, 2.45) is 11.7 Å². The quantitative estimate of drug-likeness (QED) is 0.818. The highest BCUT2D eigenvalue weighted by Crippen LogP contribution is 2.17. The second-order valence-electron chi connectivity index (χ2n) is 4.54. The van der Waals surface area contributed by atoms with Crippen molar-refractivity contribution in [2.45, 2.75) is 19.8 Å². The zero-order valence-electron chi connectivity index (χ0n) is 11.4. The molecular weight excluding hydrogens is 256 g/mol. The second-order valence-corrected chi connectivity index (χ2v) is 4.54. The van der Waals surface area contributed by atoms with E-state index in [1.807, 2.05) is 6.92 Å². The number of hydrogen-bond acceptors (Lipinski definition) is 5. The van der Waals surface area contributed by atoms with Gasteiger partial charge in [-0.1, -0.05) is 6.92 Å². The molecule has 0 aromatic carbocycles. The van der Waals surface area contributed by atoms with Crippen LogP contribution in [0.15, 0.2) is 31.0 Å². The molecule has 2 aromatic rings. The Morgan fingerprint density at radius 3 is 3.10 bits per heavy atom. The van der Waals surface area contributed by atoms with Crippen LogP contribution in [0.3, 0.4) is 0 Å². The fraction of sp³-hybridized carbons (Fsp3) is 0.385. The Kier molecular flexibility index (Phi) is 4.78. The third-order valence-electron chi connectivity index (χ3n) is 2.97. The highest BCUT2D eigenvalue weighted by Gasteiger charge is 2.15. The topological polar surface area (TPSA) is 98.7 Å². The summed E-state index contributed by atoms with van der Waals surface area (Å²) in [5.41, 5.74) is 6.07. The third-order valence-corrected chi connectivity index (χ3v) is 2.97. The zero-order valence-corrected chi connectivity index (χ0v) is 11.4. The molecule has 0 spiro atoms. The van der Waals surface area contributed by atoms with Crippen molar-refractivity contribution >= 4 is 11.6 Å². The molecule has 106 valence electrons. The highest BCUT2D eigenvalue weighted by molar-refractivity contribution is 5.93. The van der Waals surface area contributed by atoms with Crippen LogP contribution in [0, 0.1) is 5.92 Å². The van der Waals surface area contributed by atoms with E-state index in [0.717, 1.165) is 12.8 Å². The highest BCUT2D eigenvalue weighted by atomic mass is 16.1. The average molecular weight is 274 g/mol. The smallest absolute Gasteiger partial charge is 0.227 e. The van der Waals surface area contributed by atoms with Crippen LogP contribution in [0.2, 0.25) is 0 Å². The van der Waals surface area contributed by atoms with E-state index in [1.165, 1.54) is 17.3 Å². The molecule has 0 saturated heterocycles. The van der Waals surface area contributed by atoms with Crippen LogP contribution in [0.25, 0.3) is 5.82 Å². The first-order chi connectivity index (χ1) is 9.72. The maximum absolute atomic E-state index is 12.1. The summed E-state index contributed by atoms with van der Waals surface area (Å²) in [5, 5.41) is 6.90. The van der Waals surface area contributed by atoms with Crippen molar-refractivity contribution in [1.29, 1.82) is 0 Å². The number of anilines is 1. The van der Waals surface area contributed by atoms with E-state index < -0.39 is 0 Å². The Morgan fingerprint density at radius 1 is 1.55 bits per heavy atom. The molecule has 1 amide bonds. The van der Waals surface area contributed by atoms with Gasteiger partial charge in [0, 0.05) is 12.1 Å². The number of rotatable bonds is 6. The summed E-state index contributed by atoms with van der Waals surface area (Å²) in [6.07, 6.45) is 6.20. The lowest BCUT2D eigenvalue weighted by molar-refractivity contribution is -0.119. The largest absolute Gasteiger partial charge is 0.330 e. The van der Waals surface area contributed by atoms with Crippen molar-refractivity contribution in [2.75, 3.05) is 11.9 Å². The summed E-state index contributed by atoms with van der Waals surface area (Å²) < 4.78 is 1.51. The molecule has 2 aromatic heterocycles. The number of carbonyl (C=O) groups excluding carboxylic acids is 1. The summed E-state index contributed by atoms with van der Waals surface area (Å²) in [6, 6.07) is 3.55. The van der Waals surface area contributed by atoms with Gasteiger partial charge in [-0.25, -0.2) is 14.6 Å². The Morgan fingerprint density at radius 2 is 2.40 bits per heavy atom. The van der Waals surface area contributed by atoms with Crippen LogP contribution in [-0.2, 0) is 4.79 Å². The summed E-state index contributed by atoms with van der Waals surface area (Å²) >= 11 is 0. The van der Waals surface area contributed by atoms with Crippen LogP contribution in [0.5, 0.6) is 0 Å². The van der Waals surface area contributed by atoms with Crippen molar-refractivity contribution in [3.63, 3.8) is 0 Å². The molecule has 2 heterocycles. The molecule has 0 saturated carbocycles. The van der Waals surface area contributed by atoms with Crippen molar-refractivity contribution in [3.05, 3.63) is 31.0 Å². The Hall–Kier alpha value is -2.28. The number of carbonyl (C=O) groups is 1. The minimum Gasteiger partial charge on any atom is -0.330 e. The molecular formula is C13H18N6O. The van der Waals surface area contributed by atoms with Gasteiger partial charge in [-0.05, 0) is 31.5 Å². The minimum absolute atomic E-state index is 0.0483. The molecule has 1 atom stereocenters. The minimum atomic E-state index is -0.0950. The Bertz CT molecular complexity index is 554. The monoisotopic (exact) mass is 274 g/mol. The van der Waals surface area contributed by atoms with Gasteiger partial charge in [0.1, 0.15) is 12.7 Å². The normalized spacial score (nSPS) is 12.1. The van der Waals surface area contributed by atoms with E-state index in [2.05, 4.69) is 20.4 Å². The number of nitrogens with zero attached hydrogens (tertiary/aromatic N) is 4.